The van der Waals surface area contributed by atoms with Crippen molar-refractivity contribution in [2.24, 2.45) is 0 Å². The summed E-state index contributed by atoms with van der Waals surface area (Å²) in [5.41, 5.74) is 1.73. The number of hydrogen-bond acceptors (Lipinski definition) is 4. The summed E-state index contributed by atoms with van der Waals surface area (Å²) in [6.45, 7) is 3.56. The number of fused-ring (bicyclic) bond motifs is 1. The molecule has 1 saturated heterocycles. The van der Waals surface area contributed by atoms with Gasteiger partial charge in [-0.3, -0.25) is 9.78 Å². The first-order valence-electron chi connectivity index (χ1n) is 9.64. The normalized spacial score (nSPS) is 15.3. The average molecular weight is 363 g/mol. The molecule has 4 rings (SSSR count). The number of carbonyl (C=O) groups is 1. The monoisotopic (exact) mass is 363 g/mol. The lowest BCUT2D eigenvalue weighted by atomic mass is 10.0. The van der Waals surface area contributed by atoms with Crippen molar-refractivity contribution >= 4 is 16.8 Å². The van der Waals surface area contributed by atoms with Crippen molar-refractivity contribution in [2.45, 2.75) is 31.8 Å². The third-order valence-corrected chi connectivity index (χ3v) is 5.25. The SMILES string of the molecule is O=C(c1cnccn1)N1CCC(NCCCn2ccc3ccccc32)CC1. The second-order valence-corrected chi connectivity index (χ2v) is 7.03. The Morgan fingerprint density at radius 2 is 2.00 bits per heavy atom. The van der Waals surface area contributed by atoms with Crippen LogP contribution in [0.15, 0.2) is 55.1 Å². The summed E-state index contributed by atoms with van der Waals surface area (Å²) in [7, 11) is 0. The van der Waals surface area contributed by atoms with Crippen molar-refractivity contribution < 1.29 is 4.79 Å². The van der Waals surface area contributed by atoms with Gasteiger partial charge in [-0.1, -0.05) is 18.2 Å². The van der Waals surface area contributed by atoms with Crippen LogP contribution in [0.3, 0.4) is 0 Å². The fraction of sp³-hybridized carbons (Fsp3) is 0.381. The molecule has 6 heteroatoms. The lowest BCUT2D eigenvalue weighted by Gasteiger charge is -2.32. The zero-order valence-corrected chi connectivity index (χ0v) is 15.4. The Kier molecular flexibility index (Phi) is 5.44. The predicted octanol–water partition coefficient (Wildman–Crippen LogP) is 2.72. The summed E-state index contributed by atoms with van der Waals surface area (Å²) >= 11 is 0. The van der Waals surface area contributed by atoms with Gasteiger partial charge < -0.3 is 14.8 Å². The smallest absolute Gasteiger partial charge is 0.274 e. The number of amides is 1. The molecule has 3 aromatic rings. The van der Waals surface area contributed by atoms with Crippen LogP contribution in [0.4, 0.5) is 0 Å². The highest BCUT2D eigenvalue weighted by atomic mass is 16.2. The Bertz CT molecular complexity index is 884. The van der Waals surface area contributed by atoms with Crippen molar-refractivity contribution in [3.63, 3.8) is 0 Å². The van der Waals surface area contributed by atoms with Gasteiger partial charge in [0, 0.05) is 49.8 Å². The topological polar surface area (TPSA) is 63.1 Å². The van der Waals surface area contributed by atoms with Gasteiger partial charge >= 0.3 is 0 Å². The first kappa shape index (κ1) is 17.7. The van der Waals surface area contributed by atoms with E-state index in [2.05, 4.69) is 56.4 Å². The standard InChI is InChI=1S/C21H25N5O/c27-21(19-16-22-10-11-24-19)26-14-7-18(8-15-26)23-9-3-12-25-13-6-17-4-1-2-5-20(17)25/h1-2,4-6,10-11,13,16,18,23H,3,7-9,12,14-15H2. The van der Waals surface area contributed by atoms with E-state index in [1.165, 1.54) is 17.1 Å². The highest BCUT2D eigenvalue weighted by Gasteiger charge is 2.23. The number of piperidine rings is 1. The minimum Gasteiger partial charge on any atom is -0.347 e. The molecule has 0 radical (unpaired) electrons. The Morgan fingerprint density at radius 3 is 2.81 bits per heavy atom. The highest BCUT2D eigenvalue weighted by Crippen LogP contribution is 2.16. The van der Waals surface area contributed by atoms with E-state index in [1.54, 1.807) is 12.4 Å². The summed E-state index contributed by atoms with van der Waals surface area (Å²) in [5, 5.41) is 4.95. The molecule has 0 spiro atoms. The number of benzene rings is 1. The molecule has 1 aliphatic rings. The Labute approximate surface area is 159 Å². The van der Waals surface area contributed by atoms with Crippen LogP contribution in [-0.4, -0.2) is 51.0 Å². The second-order valence-electron chi connectivity index (χ2n) is 7.03. The van der Waals surface area contributed by atoms with Gasteiger partial charge in [0.25, 0.3) is 5.91 Å². The molecule has 1 amide bonds. The molecular formula is C21H25N5O. The summed E-state index contributed by atoms with van der Waals surface area (Å²) in [6.07, 6.45) is 9.92. The molecule has 140 valence electrons. The molecule has 1 aromatic carbocycles. The summed E-state index contributed by atoms with van der Waals surface area (Å²) in [5.74, 6) is -0.0129. The number of hydrogen-bond donors (Lipinski definition) is 1. The third-order valence-electron chi connectivity index (χ3n) is 5.25. The highest BCUT2D eigenvalue weighted by molar-refractivity contribution is 5.92. The number of likely N-dealkylation sites (tertiary alicyclic amines) is 1. The quantitative estimate of drug-likeness (QED) is 0.684. The summed E-state index contributed by atoms with van der Waals surface area (Å²) < 4.78 is 2.32. The molecule has 27 heavy (non-hydrogen) atoms. The molecule has 2 aromatic heterocycles. The molecule has 0 saturated carbocycles. The Hall–Kier alpha value is -2.73. The van der Waals surface area contributed by atoms with Gasteiger partial charge in [-0.2, -0.15) is 0 Å². The van der Waals surface area contributed by atoms with E-state index in [-0.39, 0.29) is 5.91 Å². The lowest BCUT2D eigenvalue weighted by molar-refractivity contribution is 0.0698. The van der Waals surface area contributed by atoms with E-state index in [9.17, 15) is 4.79 Å². The van der Waals surface area contributed by atoms with Crippen LogP contribution in [0, 0.1) is 0 Å². The minimum atomic E-state index is -0.0129. The Morgan fingerprint density at radius 1 is 1.15 bits per heavy atom. The number of para-hydroxylation sites is 1. The van der Waals surface area contributed by atoms with Gasteiger partial charge in [0.1, 0.15) is 5.69 Å². The molecule has 6 nitrogen and oxygen atoms in total. The van der Waals surface area contributed by atoms with E-state index in [0.717, 1.165) is 45.4 Å². The van der Waals surface area contributed by atoms with Crippen LogP contribution in [0.1, 0.15) is 29.8 Å². The molecule has 0 atom stereocenters. The van der Waals surface area contributed by atoms with Crippen LogP contribution < -0.4 is 5.32 Å². The fourth-order valence-corrected chi connectivity index (χ4v) is 3.75. The van der Waals surface area contributed by atoms with Gasteiger partial charge in [0.05, 0.1) is 6.20 Å². The van der Waals surface area contributed by atoms with Crippen LogP contribution in [0.25, 0.3) is 10.9 Å². The molecule has 3 heterocycles. The largest absolute Gasteiger partial charge is 0.347 e. The van der Waals surface area contributed by atoms with Gasteiger partial charge in [-0.05, 0) is 43.3 Å². The predicted molar refractivity (Wildman–Crippen MR) is 106 cm³/mol. The van der Waals surface area contributed by atoms with Crippen LogP contribution in [-0.2, 0) is 6.54 Å². The fourth-order valence-electron chi connectivity index (χ4n) is 3.75. The Balaban J connectivity index is 1.19. The molecular weight excluding hydrogens is 338 g/mol. The lowest BCUT2D eigenvalue weighted by Crippen LogP contribution is -2.45. The molecule has 0 aliphatic carbocycles. The number of rotatable bonds is 6. The molecule has 1 fully saturated rings. The van der Waals surface area contributed by atoms with Gasteiger partial charge in [0.2, 0.25) is 0 Å². The number of nitrogens with zero attached hydrogens (tertiary/aromatic N) is 4. The van der Waals surface area contributed by atoms with Crippen molar-refractivity contribution in [3.8, 4) is 0 Å². The number of aryl methyl sites for hydroxylation is 1. The first-order valence-corrected chi connectivity index (χ1v) is 9.64. The van der Waals surface area contributed by atoms with Crippen LogP contribution in [0.5, 0.6) is 0 Å². The van der Waals surface area contributed by atoms with E-state index >= 15 is 0 Å². The van der Waals surface area contributed by atoms with E-state index in [4.69, 9.17) is 0 Å². The minimum absolute atomic E-state index is 0.0129. The van der Waals surface area contributed by atoms with Crippen molar-refractivity contribution in [1.82, 2.24) is 24.8 Å². The van der Waals surface area contributed by atoms with Crippen LogP contribution in [0.2, 0.25) is 0 Å². The van der Waals surface area contributed by atoms with Gasteiger partial charge in [0.15, 0.2) is 0 Å². The molecule has 1 aliphatic heterocycles. The second kappa shape index (κ2) is 8.31. The van der Waals surface area contributed by atoms with Crippen molar-refractivity contribution in [2.75, 3.05) is 19.6 Å². The summed E-state index contributed by atoms with van der Waals surface area (Å²) in [6, 6.07) is 11.2. The number of nitrogens with one attached hydrogen (secondary N) is 1. The summed E-state index contributed by atoms with van der Waals surface area (Å²) in [4.78, 5) is 22.4. The molecule has 0 bridgehead atoms. The maximum Gasteiger partial charge on any atom is 0.274 e. The molecule has 0 unspecified atom stereocenters. The third kappa shape index (κ3) is 4.17. The van der Waals surface area contributed by atoms with E-state index in [1.807, 2.05) is 4.90 Å². The van der Waals surface area contributed by atoms with Crippen LogP contribution >= 0.6 is 0 Å². The number of carbonyl (C=O) groups excluding carboxylic acids is 1. The maximum absolute atomic E-state index is 12.4. The zero-order chi connectivity index (χ0) is 18.5. The van der Waals surface area contributed by atoms with Gasteiger partial charge in [-0.25, -0.2) is 4.98 Å². The molecule has 1 N–H and O–H groups in total. The average Bonchev–Trinajstić information content (AvgIpc) is 3.15. The number of aromatic nitrogens is 3. The van der Waals surface area contributed by atoms with Crippen molar-refractivity contribution in [1.29, 1.82) is 0 Å². The van der Waals surface area contributed by atoms with E-state index in [0.29, 0.717) is 11.7 Å². The van der Waals surface area contributed by atoms with E-state index < -0.39 is 0 Å². The zero-order valence-electron chi connectivity index (χ0n) is 15.4. The van der Waals surface area contributed by atoms with Gasteiger partial charge in [-0.15, -0.1) is 0 Å². The van der Waals surface area contributed by atoms with Crippen molar-refractivity contribution in [3.05, 3.63) is 60.8 Å². The first-order chi connectivity index (χ1) is 13.3. The maximum atomic E-state index is 12.4.